The van der Waals surface area contributed by atoms with Crippen molar-refractivity contribution in [1.82, 2.24) is 5.32 Å². The maximum Gasteiger partial charge on any atom is 0.471 e. The number of amides is 2. The number of anilines is 1. The lowest BCUT2D eigenvalue weighted by molar-refractivity contribution is -0.173. The molecule has 25 heavy (non-hydrogen) atoms. The maximum atomic E-state index is 12.1. The molecule has 0 aliphatic carbocycles. The van der Waals surface area contributed by atoms with Gasteiger partial charge >= 0.3 is 12.1 Å². The Kier molecular flexibility index (Phi) is 5.80. The van der Waals surface area contributed by atoms with Crippen molar-refractivity contribution >= 4 is 17.5 Å². The van der Waals surface area contributed by atoms with Crippen LogP contribution in [0.5, 0.6) is 0 Å². The topological polar surface area (TPSA) is 58.2 Å². The summed E-state index contributed by atoms with van der Waals surface area (Å²) in [6.07, 6.45) is -4.67. The summed E-state index contributed by atoms with van der Waals surface area (Å²) in [5.41, 5.74) is 2.98. The fraction of sp³-hybridized carbons (Fsp3) is 0.222. The van der Waals surface area contributed by atoms with Crippen LogP contribution in [0.1, 0.15) is 16.7 Å². The van der Waals surface area contributed by atoms with Gasteiger partial charge in [0.15, 0.2) is 0 Å². The molecule has 0 fully saturated rings. The minimum Gasteiger partial charge on any atom is -0.344 e. The minimum atomic E-state index is -4.90. The first-order valence-corrected chi connectivity index (χ1v) is 7.53. The minimum absolute atomic E-state index is 0.191. The Labute approximate surface area is 143 Å². The normalized spacial score (nSPS) is 11.0. The van der Waals surface area contributed by atoms with E-state index in [0.717, 1.165) is 11.1 Å². The fourth-order valence-corrected chi connectivity index (χ4v) is 2.20. The van der Waals surface area contributed by atoms with Gasteiger partial charge in [-0.25, -0.2) is 0 Å². The highest BCUT2D eigenvalue weighted by Gasteiger charge is 2.38. The number of carbonyl (C=O) groups is 2. The van der Waals surface area contributed by atoms with Gasteiger partial charge in [-0.1, -0.05) is 42.0 Å². The molecule has 132 valence electrons. The monoisotopic (exact) mass is 350 g/mol. The van der Waals surface area contributed by atoms with Crippen LogP contribution in [-0.2, 0) is 22.6 Å². The largest absolute Gasteiger partial charge is 0.471 e. The Morgan fingerprint density at radius 1 is 1.00 bits per heavy atom. The van der Waals surface area contributed by atoms with E-state index in [1.165, 1.54) is 0 Å². The standard InChI is InChI=1S/C18H17F3N2O2/c1-12-3-2-4-14(9-12)10-16(24)23-15-7-5-13(6-8-15)11-22-17(25)18(19,20)21/h2-9H,10-11H2,1H3,(H,22,25)(H,23,24). The Bertz CT molecular complexity index is 756. The van der Waals surface area contributed by atoms with E-state index in [-0.39, 0.29) is 18.9 Å². The Morgan fingerprint density at radius 3 is 2.28 bits per heavy atom. The van der Waals surface area contributed by atoms with Crippen molar-refractivity contribution in [2.24, 2.45) is 0 Å². The molecule has 0 radical (unpaired) electrons. The van der Waals surface area contributed by atoms with Crippen LogP contribution in [0.15, 0.2) is 48.5 Å². The van der Waals surface area contributed by atoms with Crippen LogP contribution < -0.4 is 10.6 Å². The smallest absolute Gasteiger partial charge is 0.344 e. The predicted octanol–water partition coefficient (Wildman–Crippen LogP) is 3.35. The van der Waals surface area contributed by atoms with Gasteiger partial charge in [-0.2, -0.15) is 13.2 Å². The third-order valence-corrected chi connectivity index (χ3v) is 3.40. The van der Waals surface area contributed by atoms with E-state index in [0.29, 0.717) is 11.3 Å². The molecular weight excluding hydrogens is 333 g/mol. The molecule has 0 heterocycles. The van der Waals surface area contributed by atoms with Gasteiger partial charge in [-0.05, 0) is 30.2 Å². The molecule has 2 amide bonds. The quantitative estimate of drug-likeness (QED) is 0.869. The lowest BCUT2D eigenvalue weighted by Gasteiger charge is -2.09. The molecule has 0 aliphatic heterocycles. The average molecular weight is 350 g/mol. The first kappa shape index (κ1) is 18.5. The number of alkyl halides is 3. The van der Waals surface area contributed by atoms with E-state index in [9.17, 15) is 22.8 Å². The van der Waals surface area contributed by atoms with Crippen LogP contribution in [0.3, 0.4) is 0 Å². The van der Waals surface area contributed by atoms with Crippen molar-refractivity contribution in [2.75, 3.05) is 5.32 Å². The van der Waals surface area contributed by atoms with E-state index in [1.54, 1.807) is 29.6 Å². The molecule has 0 spiro atoms. The lowest BCUT2D eigenvalue weighted by atomic mass is 10.1. The molecule has 2 N–H and O–H groups in total. The van der Waals surface area contributed by atoms with E-state index in [2.05, 4.69) is 5.32 Å². The molecule has 0 unspecified atom stereocenters. The highest BCUT2D eigenvalue weighted by Crippen LogP contribution is 2.15. The van der Waals surface area contributed by atoms with Crippen molar-refractivity contribution < 1.29 is 22.8 Å². The van der Waals surface area contributed by atoms with E-state index >= 15 is 0 Å². The second kappa shape index (κ2) is 7.83. The summed E-state index contributed by atoms with van der Waals surface area (Å²) in [6, 6.07) is 13.8. The molecule has 2 aromatic rings. The molecule has 0 atom stereocenters. The van der Waals surface area contributed by atoms with Crippen molar-refractivity contribution in [3.63, 3.8) is 0 Å². The third kappa shape index (κ3) is 5.95. The van der Waals surface area contributed by atoms with E-state index < -0.39 is 12.1 Å². The van der Waals surface area contributed by atoms with Gasteiger partial charge in [-0.15, -0.1) is 0 Å². The third-order valence-electron chi connectivity index (χ3n) is 3.40. The van der Waals surface area contributed by atoms with Gasteiger partial charge in [-0.3, -0.25) is 9.59 Å². The number of carbonyl (C=O) groups excluding carboxylic acids is 2. The second-order valence-electron chi connectivity index (χ2n) is 5.59. The SMILES string of the molecule is Cc1cccc(CC(=O)Nc2ccc(CNC(=O)C(F)(F)F)cc2)c1. The number of rotatable bonds is 5. The van der Waals surface area contributed by atoms with Crippen molar-refractivity contribution in [2.45, 2.75) is 26.1 Å². The first-order valence-electron chi connectivity index (χ1n) is 7.53. The summed E-state index contributed by atoms with van der Waals surface area (Å²) in [4.78, 5) is 22.8. The Hall–Kier alpha value is -2.83. The summed E-state index contributed by atoms with van der Waals surface area (Å²) < 4.78 is 36.3. The average Bonchev–Trinajstić information content (AvgIpc) is 2.53. The summed E-state index contributed by atoms with van der Waals surface area (Å²) in [5.74, 6) is -2.17. The lowest BCUT2D eigenvalue weighted by Crippen LogP contribution is -2.36. The fourth-order valence-electron chi connectivity index (χ4n) is 2.20. The van der Waals surface area contributed by atoms with Crippen LogP contribution in [-0.4, -0.2) is 18.0 Å². The summed E-state index contributed by atoms with van der Waals surface area (Å²) in [6.45, 7) is 1.70. The first-order chi connectivity index (χ1) is 11.7. The van der Waals surface area contributed by atoms with Crippen LogP contribution in [0.25, 0.3) is 0 Å². The van der Waals surface area contributed by atoms with Crippen LogP contribution in [0, 0.1) is 6.92 Å². The van der Waals surface area contributed by atoms with E-state index in [4.69, 9.17) is 0 Å². The predicted molar refractivity (Wildman–Crippen MR) is 87.9 cm³/mol. The number of aryl methyl sites for hydroxylation is 1. The molecule has 2 aromatic carbocycles. The zero-order chi connectivity index (χ0) is 18.4. The summed E-state index contributed by atoms with van der Waals surface area (Å²) in [7, 11) is 0. The molecule has 0 aromatic heterocycles. The van der Waals surface area contributed by atoms with E-state index in [1.807, 2.05) is 31.2 Å². The summed E-state index contributed by atoms with van der Waals surface area (Å²) >= 11 is 0. The zero-order valence-corrected chi connectivity index (χ0v) is 13.5. The molecule has 0 saturated heterocycles. The van der Waals surface area contributed by atoms with Gasteiger partial charge in [0.05, 0.1) is 6.42 Å². The highest BCUT2D eigenvalue weighted by atomic mass is 19.4. The number of hydrogen-bond acceptors (Lipinski definition) is 2. The van der Waals surface area contributed by atoms with Crippen molar-refractivity contribution in [3.05, 3.63) is 65.2 Å². The molecule has 0 aliphatic rings. The molecule has 0 bridgehead atoms. The molecule has 7 heteroatoms. The van der Waals surface area contributed by atoms with Crippen molar-refractivity contribution in [3.8, 4) is 0 Å². The van der Waals surface area contributed by atoms with Gasteiger partial charge in [0.2, 0.25) is 5.91 Å². The Morgan fingerprint density at radius 2 is 1.68 bits per heavy atom. The molecule has 2 rings (SSSR count). The maximum absolute atomic E-state index is 12.1. The summed E-state index contributed by atoms with van der Waals surface area (Å²) in [5, 5.41) is 4.51. The van der Waals surface area contributed by atoms with Gasteiger partial charge in [0, 0.05) is 12.2 Å². The van der Waals surface area contributed by atoms with Crippen LogP contribution >= 0.6 is 0 Å². The number of halogens is 3. The molecule has 0 saturated carbocycles. The Balaban J connectivity index is 1.87. The van der Waals surface area contributed by atoms with Gasteiger partial charge in [0.25, 0.3) is 0 Å². The van der Waals surface area contributed by atoms with Gasteiger partial charge < -0.3 is 10.6 Å². The van der Waals surface area contributed by atoms with Gasteiger partial charge in [0.1, 0.15) is 0 Å². The number of hydrogen-bond donors (Lipinski definition) is 2. The van der Waals surface area contributed by atoms with Crippen LogP contribution in [0.4, 0.5) is 18.9 Å². The molecule has 4 nitrogen and oxygen atoms in total. The number of benzene rings is 2. The van der Waals surface area contributed by atoms with Crippen molar-refractivity contribution in [1.29, 1.82) is 0 Å². The highest BCUT2D eigenvalue weighted by molar-refractivity contribution is 5.92. The molecular formula is C18H17F3N2O2. The second-order valence-corrected chi connectivity index (χ2v) is 5.59. The zero-order valence-electron chi connectivity index (χ0n) is 13.5. The number of nitrogens with one attached hydrogen (secondary N) is 2. The van der Waals surface area contributed by atoms with Crippen LogP contribution in [0.2, 0.25) is 0 Å².